The molecule has 1 aromatic heterocycles. The van der Waals surface area contributed by atoms with Crippen LogP contribution in [0.2, 0.25) is 0 Å². The summed E-state index contributed by atoms with van der Waals surface area (Å²) in [5.74, 6) is -0.923. The molecule has 0 spiro atoms. The van der Waals surface area contributed by atoms with Crippen LogP contribution in [0.1, 0.15) is 26.9 Å². The van der Waals surface area contributed by atoms with E-state index >= 15 is 0 Å². The molecule has 0 aliphatic rings. The number of nitrogens with one attached hydrogen (secondary N) is 3. The maximum Gasteiger partial charge on any atom is 0.272 e. The minimum Gasteiger partial charge on any atom is -0.465 e. The Balaban J connectivity index is 1.29. The van der Waals surface area contributed by atoms with Crippen molar-refractivity contribution < 1.29 is 23.7 Å². The van der Waals surface area contributed by atoms with E-state index in [2.05, 4.69) is 16.0 Å². The van der Waals surface area contributed by atoms with Gasteiger partial charge in [0.15, 0.2) is 0 Å². The van der Waals surface area contributed by atoms with Gasteiger partial charge in [0, 0.05) is 40.0 Å². The van der Waals surface area contributed by atoms with Crippen molar-refractivity contribution in [3.8, 4) is 0 Å². The number of benzene rings is 4. The van der Waals surface area contributed by atoms with Crippen LogP contribution in [0, 0.1) is 10.1 Å². The highest BCUT2D eigenvalue weighted by atomic mass is 32.2. The lowest BCUT2D eigenvalue weighted by molar-refractivity contribution is -0.384. The van der Waals surface area contributed by atoms with Crippen molar-refractivity contribution >= 4 is 52.6 Å². The zero-order chi connectivity index (χ0) is 31.6. The number of hydrogen-bond donors (Lipinski definition) is 3. The fourth-order valence-electron chi connectivity index (χ4n) is 4.18. The summed E-state index contributed by atoms with van der Waals surface area (Å²) in [6.45, 7) is 0. The summed E-state index contributed by atoms with van der Waals surface area (Å²) in [6, 6.07) is 33.6. The molecular formula is C34H26N4O6S. The number of nitro benzene ring substituents is 1. The lowest BCUT2D eigenvalue weighted by atomic mass is 10.1. The SMILES string of the molecule is O=C(Nc1ccc(SC(C(=O)Nc2ccc([N+](=O)[O-])cc2)c2ccccc2)cc1)/C(=C/c1ccco1)NC(=O)c1ccccc1. The number of nitro groups is 1. The molecule has 0 saturated carbocycles. The number of anilines is 2. The Morgan fingerprint density at radius 1 is 0.756 bits per heavy atom. The Morgan fingerprint density at radius 3 is 2.00 bits per heavy atom. The van der Waals surface area contributed by atoms with Gasteiger partial charge >= 0.3 is 0 Å². The van der Waals surface area contributed by atoms with Gasteiger partial charge in [0.05, 0.1) is 11.2 Å². The quantitative estimate of drug-likeness (QED) is 0.0622. The van der Waals surface area contributed by atoms with Gasteiger partial charge in [-0.1, -0.05) is 48.5 Å². The van der Waals surface area contributed by atoms with Crippen molar-refractivity contribution in [1.82, 2.24) is 5.32 Å². The molecule has 0 aliphatic carbocycles. The summed E-state index contributed by atoms with van der Waals surface area (Å²) in [6.07, 6.45) is 2.90. The molecule has 0 radical (unpaired) electrons. The predicted octanol–water partition coefficient (Wildman–Crippen LogP) is 7.07. The number of rotatable bonds is 11. The highest BCUT2D eigenvalue weighted by molar-refractivity contribution is 8.00. The Hall–Kier alpha value is -5.94. The van der Waals surface area contributed by atoms with E-state index in [1.165, 1.54) is 48.4 Å². The first-order chi connectivity index (χ1) is 21.9. The van der Waals surface area contributed by atoms with Crippen molar-refractivity contribution in [1.29, 1.82) is 0 Å². The smallest absolute Gasteiger partial charge is 0.272 e. The first-order valence-electron chi connectivity index (χ1n) is 13.7. The maximum absolute atomic E-state index is 13.4. The van der Waals surface area contributed by atoms with Gasteiger partial charge in [-0.3, -0.25) is 24.5 Å². The third kappa shape index (κ3) is 8.33. The second-order valence-electron chi connectivity index (χ2n) is 9.57. The zero-order valence-corrected chi connectivity index (χ0v) is 24.4. The van der Waals surface area contributed by atoms with E-state index in [1.807, 2.05) is 30.3 Å². The molecule has 0 fully saturated rings. The monoisotopic (exact) mass is 618 g/mol. The van der Waals surface area contributed by atoms with E-state index in [9.17, 15) is 24.5 Å². The van der Waals surface area contributed by atoms with Crippen molar-refractivity contribution in [2.45, 2.75) is 10.1 Å². The minimum atomic E-state index is -0.641. The Bertz CT molecular complexity index is 1810. The summed E-state index contributed by atoms with van der Waals surface area (Å²) < 4.78 is 5.34. The van der Waals surface area contributed by atoms with Gasteiger partial charge in [0.25, 0.3) is 17.5 Å². The molecule has 5 aromatic rings. The molecule has 0 bridgehead atoms. The Labute approximate surface area is 262 Å². The van der Waals surface area contributed by atoms with E-state index in [0.29, 0.717) is 22.7 Å². The molecule has 1 unspecified atom stereocenters. The Morgan fingerprint density at radius 2 is 1.38 bits per heavy atom. The standard InChI is InChI=1S/C34H26N4O6S/c39-32(24-10-5-2-6-11-24)37-30(22-28-12-7-21-44-28)33(40)35-26-15-19-29(20-16-26)45-31(23-8-3-1-4-9-23)34(41)36-25-13-17-27(18-14-25)38(42)43/h1-22,31H,(H,35,40)(H,36,41)(H,37,39)/b30-22-. The van der Waals surface area contributed by atoms with Gasteiger partial charge in [-0.15, -0.1) is 11.8 Å². The summed E-state index contributed by atoms with van der Waals surface area (Å²) in [4.78, 5) is 50.6. The zero-order valence-electron chi connectivity index (χ0n) is 23.6. The molecule has 5 rings (SSSR count). The maximum atomic E-state index is 13.4. The number of thioether (sulfide) groups is 1. The first kappa shape index (κ1) is 30.5. The Kier molecular flexibility index (Phi) is 9.83. The van der Waals surface area contributed by atoms with E-state index in [0.717, 1.165) is 10.5 Å². The predicted molar refractivity (Wildman–Crippen MR) is 172 cm³/mol. The van der Waals surface area contributed by atoms with E-state index < -0.39 is 22.0 Å². The largest absolute Gasteiger partial charge is 0.465 e. The fourth-order valence-corrected chi connectivity index (χ4v) is 5.21. The van der Waals surface area contributed by atoms with Crippen LogP contribution in [0.5, 0.6) is 0 Å². The van der Waals surface area contributed by atoms with Crippen LogP contribution in [-0.4, -0.2) is 22.6 Å². The van der Waals surface area contributed by atoms with Crippen LogP contribution in [0.4, 0.5) is 17.1 Å². The molecule has 0 saturated heterocycles. The first-order valence-corrected chi connectivity index (χ1v) is 14.5. The molecule has 10 nitrogen and oxygen atoms in total. The molecular weight excluding hydrogens is 592 g/mol. The molecule has 1 atom stereocenters. The van der Waals surface area contributed by atoms with Crippen molar-refractivity contribution in [3.05, 3.63) is 160 Å². The topological polar surface area (TPSA) is 144 Å². The van der Waals surface area contributed by atoms with Crippen molar-refractivity contribution in [2.75, 3.05) is 10.6 Å². The van der Waals surface area contributed by atoms with E-state index in [1.54, 1.807) is 66.7 Å². The van der Waals surface area contributed by atoms with Crippen LogP contribution in [0.25, 0.3) is 6.08 Å². The number of hydrogen-bond acceptors (Lipinski definition) is 7. The third-order valence-electron chi connectivity index (χ3n) is 6.41. The highest BCUT2D eigenvalue weighted by Crippen LogP contribution is 2.37. The van der Waals surface area contributed by atoms with Crippen molar-refractivity contribution in [3.63, 3.8) is 0 Å². The molecule has 11 heteroatoms. The number of non-ortho nitro benzene ring substituents is 1. The van der Waals surface area contributed by atoms with Crippen LogP contribution in [-0.2, 0) is 9.59 Å². The molecule has 1 heterocycles. The molecule has 4 aromatic carbocycles. The fraction of sp³-hybridized carbons (Fsp3) is 0.0294. The summed E-state index contributed by atoms with van der Waals surface area (Å²) in [5, 5.41) is 18.6. The molecule has 0 aliphatic heterocycles. The van der Waals surface area contributed by atoms with Crippen LogP contribution < -0.4 is 16.0 Å². The van der Waals surface area contributed by atoms with Gasteiger partial charge in [0.2, 0.25) is 5.91 Å². The number of amides is 3. The second kappa shape index (κ2) is 14.5. The summed E-state index contributed by atoms with van der Waals surface area (Å²) in [5.41, 5.74) is 1.97. The van der Waals surface area contributed by atoms with Crippen LogP contribution in [0.15, 0.2) is 143 Å². The van der Waals surface area contributed by atoms with Gasteiger partial charge in [-0.05, 0) is 66.2 Å². The second-order valence-corrected chi connectivity index (χ2v) is 10.8. The van der Waals surface area contributed by atoms with E-state index in [-0.39, 0.29) is 17.3 Å². The van der Waals surface area contributed by atoms with Gasteiger partial charge in [-0.25, -0.2) is 0 Å². The average molecular weight is 619 g/mol. The number of nitrogens with zero attached hydrogens (tertiary/aromatic N) is 1. The number of furan rings is 1. The molecule has 3 N–H and O–H groups in total. The van der Waals surface area contributed by atoms with Crippen LogP contribution in [0.3, 0.4) is 0 Å². The van der Waals surface area contributed by atoms with Gasteiger partial charge < -0.3 is 20.4 Å². The summed E-state index contributed by atoms with van der Waals surface area (Å²) in [7, 11) is 0. The number of carbonyl (C=O) groups excluding carboxylic acids is 3. The summed E-state index contributed by atoms with van der Waals surface area (Å²) >= 11 is 1.31. The highest BCUT2D eigenvalue weighted by Gasteiger charge is 2.23. The molecule has 224 valence electrons. The lowest BCUT2D eigenvalue weighted by Gasteiger charge is -2.17. The average Bonchev–Trinajstić information content (AvgIpc) is 3.58. The van der Waals surface area contributed by atoms with Gasteiger partial charge in [0.1, 0.15) is 16.7 Å². The third-order valence-corrected chi connectivity index (χ3v) is 7.68. The van der Waals surface area contributed by atoms with Crippen molar-refractivity contribution in [2.24, 2.45) is 0 Å². The van der Waals surface area contributed by atoms with Crippen LogP contribution >= 0.6 is 11.8 Å². The normalized spacial score (nSPS) is 11.7. The number of carbonyl (C=O) groups is 3. The molecule has 3 amide bonds. The molecule has 45 heavy (non-hydrogen) atoms. The van der Waals surface area contributed by atoms with Gasteiger partial charge in [-0.2, -0.15) is 0 Å². The lowest BCUT2D eigenvalue weighted by Crippen LogP contribution is -2.30. The minimum absolute atomic E-state index is 0.00990. The van der Waals surface area contributed by atoms with E-state index in [4.69, 9.17) is 4.42 Å².